The number of aliphatic carboxylic acids is 1. The lowest BCUT2D eigenvalue weighted by molar-refractivity contribution is -0.182. The van der Waals surface area contributed by atoms with Crippen molar-refractivity contribution < 1.29 is 34.1 Å². The Bertz CT molecular complexity index is 1120. The minimum absolute atomic E-state index is 0.206. The van der Waals surface area contributed by atoms with E-state index in [1.807, 2.05) is 53.7 Å². The fraction of sp³-hybridized carbons (Fsp3) is 0.538. The molecule has 1 fully saturated rings. The molecular weight excluding hydrogens is 484 g/mol. The van der Waals surface area contributed by atoms with Crippen LogP contribution in [0.3, 0.4) is 0 Å². The van der Waals surface area contributed by atoms with E-state index in [0.717, 1.165) is 16.0 Å². The molecule has 2 aliphatic rings. The van der Waals surface area contributed by atoms with Crippen molar-refractivity contribution in [3.05, 3.63) is 40.1 Å². The highest BCUT2D eigenvalue weighted by Gasteiger charge is 2.66. The number of carboxylic acid groups (broad SMARTS) is 1. The Balaban J connectivity index is 2.02. The van der Waals surface area contributed by atoms with Gasteiger partial charge in [0.05, 0.1) is 0 Å². The summed E-state index contributed by atoms with van der Waals surface area (Å²) >= 11 is 1.30. The van der Waals surface area contributed by atoms with Gasteiger partial charge in [0.1, 0.15) is 23.4 Å². The van der Waals surface area contributed by atoms with Gasteiger partial charge in [-0.1, -0.05) is 41.5 Å². The van der Waals surface area contributed by atoms with Crippen LogP contribution in [0.4, 0.5) is 0 Å². The molecule has 0 bridgehead atoms. The zero-order valence-corrected chi connectivity index (χ0v) is 22.8. The number of phenols is 1. The van der Waals surface area contributed by atoms with Crippen molar-refractivity contribution in [2.75, 3.05) is 19.5 Å². The normalized spacial score (nSPS) is 22.5. The average Bonchev–Trinajstić information content (AvgIpc) is 2.76. The van der Waals surface area contributed by atoms with Crippen molar-refractivity contribution in [1.82, 2.24) is 4.90 Å². The molecule has 10 heteroatoms. The molecule has 1 aromatic rings. The van der Waals surface area contributed by atoms with E-state index in [9.17, 15) is 24.6 Å². The molecule has 36 heavy (non-hydrogen) atoms. The molecule has 196 valence electrons. The third-order valence-corrected chi connectivity index (χ3v) is 7.56. The Morgan fingerprint density at radius 2 is 1.75 bits per heavy atom. The number of methoxy groups -OCH3 is 1. The minimum atomic E-state index is -1.60. The maximum atomic E-state index is 13.3. The number of nitrogens with zero attached hydrogens (tertiary/aromatic N) is 2. The monoisotopic (exact) mass is 518 g/mol. The van der Waals surface area contributed by atoms with E-state index in [2.05, 4.69) is 4.99 Å². The number of amides is 1. The molecule has 0 spiro atoms. The van der Waals surface area contributed by atoms with Gasteiger partial charge >= 0.3 is 11.9 Å². The number of carbonyl (C=O) groups excluding carboxylic acids is 2. The zero-order chi connectivity index (χ0) is 27.2. The van der Waals surface area contributed by atoms with Crippen molar-refractivity contribution in [3.8, 4) is 5.75 Å². The second-order valence-electron chi connectivity index (χ2n) is 11.0. The predicted octanol–water partition coefficient (Wildman–Crippen LogP) is 3.57. The Labute approximate surface area is 215 Å². The molecule has 2 N–H and O–H groups in total. The standard InChI is InChI=1S/C26H34N2O7S/c1-14(29)35-12-16-13-36-23-26(34-8,22(33)28(23)19(16)21(31)32)27-11-15-9-17(24(2,3)4)20(30)18(10-15)25(5,6)7/h9-11,23,30H,12-13H2,1-8H3,(H,31,32)/b27-11+/t23-,26+/m1/s1. The van der Waals surface area contributed by atoms with Crippen LogP contribution < -0.4 is 0 Å². The minimum Gasteiger partial charge on any atom is -0.507 e. The number of carbonyl (C=O) groups is 3. The number of carboxylic acids is 1. The fourth-order valence-corrected chi connectivity index (χ4v) is 5.69. The van der Waals surface area contributed by atoms with Gasteiger partial charge in [0.2, 0.25) is 0 Å². The van der Waals surface area contributed by atoms with Gasteiger partial charge in [-0.3, -0.25) is 14.5 Å². The van der Waals surface area contributed by atoms with E-state index < -0.39 is 28.9 Å². The number of esters is 1. The van der Waals surface area contributed by atoms with E-state index in [1.165, 1.54) is 25.8 Å². The Hall–Kier alpha value is -2.85. The molecule has 0 radical (unpaired) electrons. The molecule has 1 amide bonds. The highest BCUT2D eigenvalue weighted by Crippen LogP contribution is 2.49. The molecule has 0 aliphatic carbocycles. The molecule has 3 rings (SSSR count). The molecule has 1 aromatic carbocycles. The summed E-state index contributed by atoms with van der Waals surface area (Å²) in [4.78, 5) is 42.2. The van der Waals surface area contributed by atoms with Gasteiger partial charge in [-0.05, 0) is 28.5 Å². The first kappa shape index (κ1) is 27.7. The van der Waals surface area contributed by atoms with Crippen LogP contribution in [-0.4, -0.2) is 69.7 Å². The topological polar surface area (TPSA) is 126 Å². The van der Waals surface area contributed by atoms with Gasteiger partial charge in [0.15, 0.2) is 0 Å². The van der Waals surface area contributed by atoms with Crippen molar-refractivity contribution in [1.29, 1.82) is 0 Å². The summed E-state index contributed by atoms with van der Waals surface area (Å²) in [6.45, 7) is 13.1. The largest absolute Gasteiger partial charge is 0.507 e. The molecule has 9 nitrogen and oxygen atoms in total. The van der Waals surface area contributed by atoms with Crippen molar-refractivity contribution in [2.45, 2.75) is 70.4 Å². The van der Waals surface area contributed by atoms with E-state index in [-0.39, 0.29) is 34.6 Å². The zero-order valence-electron chi connectivity index (χ0n) is 22.0. The number of thioether (sulfide) groups is 1. The van der Waals surface area contributed by atoms with Crippen LogP contribution in [0.25, 0.3) is 0 Å². The Kier molecular flexibility index (Phi) is 7.36. The van der Waals surface area contributed by atoms with Crippen LogP contribution in [0.1, 0.15) is 65.2 Å². The Morgan fingerprint density at radius 1 is 1.19 bits per heavy atom. The van der Waals surface area contributed by atoms with Gasteiger partial charge in [-0.15, -0.1) is 11.8 Å². The summed E-state index contributed by atoms with van der Waals surface area (Å²) in [5, 5.41) is 20.1. The first-order chi connectivity index (χ1) is 16.5. The number of β-lactam (4-membered cyclic amide) rings is 1. The molecule has 2 heterocycles. The van der Waals surface area contributed by atoms with Crippen LogP contribution in [0.2, 0.25) is 0 Å². The number of fused-ring (bicyclic) bond motifs is 1. The lowest BCUT2D eigenvalue weighted by atomic mass is 9.78. The van der Waals surface area contributed by atoms with Gasteiger partial charge in [0, 0.05) is 42.7 Å². The van der Waals surface area contributed by atoms with Crippen molar-refractivity contribution in [2.24, 2.45) is 4.99 Å². The highest BCUT2D eigenvalue weighted by molar-refractivity contribution is 8.00. The van der Waals surface area contributed by atoms with E-state index >= 15 is 0 Å². The lowest BCUT2D eigenvalue weighted by Gasteiger charge is -2.53. The van der Waals surface area contributed by atoms with Crippen LogP contribution >= 0.6 is 11.8 Å². The third kappa shape index (κ3) is 4.88. The lowest BCUT2D eigenvalue weighted by Crippen LogP contribution is -2.73. The van der Waals surface area contributed by atoms with Crippen LogP contribution in [0.15, 0.2) is 28.4 Å². The van der Waals surface area contributed by atoms with Crippen LogP contribution in [0, 0.1) is 0 Å². The number of aromatic hydroxyl groups is 1. The second kappa shape index (κ2) is 9.55. The molecule has 0 unspecified atom stereocenters. The summed E-state index contributed by atoms with van der Waals surface area (Å²) in [7, 11) is 1.36. The van der Waals surface area contributed by atoms with Gasteiger partial charge < -0.3 is 19.7 Å². The summed E-state index contributed by atoms with van der Waals surface area (Å²) in [5.41, 5.74) is 0.0522. The van der Waals surface area contributed by atoms with Crippen molar-refractivity contribution in [3.63, 3.8) is 0 Å². The quantitative estimate of drug-likeness (QED) is 0.333. The number of ether oxygens (including phenoxy) is 2. The smallest absolute Gasteiger partial charge is 0.352 e. The van der Waals surface area contributed by atoms with Crippen LogP contribution in [0.5, 0.6) is 5.75 Å². The number of rotatable bonds is 6. The molecule has 0 saturated carbocycles. The molecule has 1 saturated heterocycles. The van der Waals surface area contributed by atoms with E-state index in [1.54, 1.807) is 6.21 Å². The average molecular weight is 519 g/mol. The third-order valence-electron chi connectivity index (χ3n) is 6.20. The molecule has 2 atom stereocenters. The summed E-state index contributed by atoms with van der Waals surface area (Å²) in [6, 6.07) is 3.68. The fourth-order valence-electron chi connectivity index (χ4n) is 4.28. The molecular formula is C26H34N2O7S. The van der Waals surface area contributed by atoms with E-state index in [4.69, 9.17) is 9.47 Å². The summed E-state index contributed by atoms with van der Waals surface area (Å²) < 4.78 is 10.6. The first-order valence-electron chi connectivity index (χ1n) is 11.6. The first-order valence-corrected chi connectivity index (χ1v) is 12.6. The van der Waals surface area contributed by atoms with Gasteiger partial charge in [-0.2, -0.15) is 0 Å². The Morgan fingerprint density at radius 3 is 2.19 bits per heavy atom. The predicted molar refractivity (Wildman–Crippen MR) is 137 cm³/mol. The second-order valence-corrected chi connectivity index (χ2v) is 12.1. The van der Waals surface area contributed by atoms with Gasteiger partial charge in [0.25, 0.3) is 11.6 Å². The highest BCUT2D eigenvalue weighted by atomic mass is 32.2. The van der Waals surface area contributed by atoms with E-state index in [0.29, 0.717) is 11.1 Å². The number of benzene rings is 1. The summed E-state index contributed by atoms with van der Waals surface area (Å²) in [5.74, 6) is -1.96. The number of aliphatic imine (C=N–C) groups is 1. The SMILES string of the molecule is CO[C@@]1(/N=C/c2cc(C(C)(C)C)c(O)c(C(C)(C)C)c2)C(=O)N2C(C(=O)O)=C(COC(C)=O)CS[C@@H]21. The number of hydrogen-bond acceptors (Lipinski definition) is 8. The maximum Gasteiger partial charge on any atom is 0.352 e. The maximum absolute atomic E-state index is 13.3. The van der Waals surface area contributed by atoms with Gasteiger partial charge in [-0.25, -0.2) is 9.79 Å². The number of hydrogen-bond donors (Lipinski definition) is 2. The molecule has 0 aromatic heterocycles. The number of phenolic OH excluding ortho intramolecular Hbond substituents is 1. The van der Waals surface area contributed by atoms with Crippen LogP contribution in [-0.2, 0) is 34.7 Å². The van der Waals surface area contributed by atoms with Crippen molar-refractivity contribution >= 4 is 35.8 Å². The summed E-state index contributed by atoms with van der Waals surface area (Å²) in [6.07, 6.45) is 1.54. The molecule has 2 aliphatic heterocycles.